The quantitative estimate of drug-likeness (QED) is 0.604. The fraction of sp³-hybridized carbons (Fsp3) is 0.739. The molecule has 4 heterocycles. The summed E-state index contributed by atoms with van der Waals surface area (Å²) in [6.45, 7) is -0.193. The molecule has 13 heteroatoms. The molecule has 0 radical (unpaired) electrons. The third-order valence-electron chi connectivity index (χ3n) is 6.98. The molecule has 3 unspecified atom stereocenters. The summed E-state index contributed by atoms with van der Waals surface area (Å²) in [5, 5.41) is 9.90. The smallest absolute Gasteiger partial charge is 0.410 e. The SMILES string of the molecule is CS(=O)(=O)NC1CC(CO)N2C(=O)OCCCOc3cc(C(F)F)cc(n3)C3CCC(CC3)OCC12. The molecule has 3 atom stereocenters. The van der Waals surface area contributed by atoms with E-state index in [0.29, 0.717) is 31.4 Å². The summed E-state index contributed by atoms with van der Waals surface area (Å²) < 4.78 is 70.6. The number of aliphatic hydroxyl groups is 1. The van der Waals surface area contributed by atoms with Crippen molar-refractivity contribution in [2.45, 2.75) is 75.1 Å². The summed E-state index contributed by atoms with van der Waals surface area (Å²) >= 11 is 0. The second-order valence-corrected chi connectivity index (χ2v) is 11.4. The fourth-order valence-electron chi connectivity index (χ4n) is 5.26. The number of aromatic nitrogens is 1. The maximum absolute atomic E-state index is 13.5. The second-order valence-electron chi connectivity index (χ2n) is 9.63. The first-order chi connectivity index (χ1) is 17.1. The van der Waals surface area contributed by atoms with Gasteiger partial charge >= 0.3 is 6.09 Å². The minimum atomic E-state index is -3.57. The molecule has 5 rings (SSSR count). The number of sulfonamides is 1. The number of pyridine rings is 1. The van der Waals surface area contributed by atoms with E-state index in [4.69, 9.17) is 14.2 Å². The molecule has 1 saturated heterocycles. The first-order valence-corrected chi connectivity index (χ1v) is 14.1. The highest BCUT2D eigenvalue weighted by Crippen LogP contribution is 2.36. The minimum absolute atomic E-state index is 0.00658. The molecule has 202 valence electrons. The van der Waals surface area contributed by atoms with Crippen LogP contribution < -0.4 is 9.46 Å². The molecule has 3 aliphatic heterocycles. The van der Waals surface area contributed by atoms with Crippen LogP contribution in [0.15, 0.2) is 12.1 Å². The molecule has 10 nitrogen and oxygen atoms in total. The van der Waals surface area contributed by atoms with Gasteiger partial charge in [-0.15, -0.1) is 0 Å². The van der Waals surface area contributed by atoms with Gasteiger partial charge in [0.2, 0.25) is 15.9 Å². The molecule has 1 amide bonds. The summed E-state index contributed by atoms with van der Waals surface area (Å²) in [7, 11) is -3.57. The topological polar surface area (TPSA) is 127 Å². The van der Waals surface area contributed by atoms with Crippen molar-refractivity contribution < 1.29 is 41.3 Å². The number of ether oxygens (including phenoxy) is 3. The Morgan fingerprint density at radius 1 is 1.19 bits per heavy atom. The van der Waals surface area contributed by atoms with Crippen molar-refractivity contribution in [3.63, 3.8) is 0 Å². The van der Waals surface area contributed by atoms with Crippen LogP contribution in [-0.2, 0) is 19.5 Å². The fourth-order valence-corrected chi connectivity index (χ4v) is 6.06. The molecule has 1 aliphatic carbocycles. The molecule has 0 aromatic carbocycles. The number of carbonyl (C=O) groups is 1. The zero-order chi connectivity index (χ0) is 25.9. The molecule has 1 saturated carbocycles. The number of alkyl halides is 2. The van der Waals surface area contributed by atoms with E-state index in [1.54, 1.807) is 0 Å². The molecule has 1 aromatic rings. The molecule has 0 spiro atoms. The van der Waals surface area contributed by atoms with Crippen LogP contribution in [0.3, 0.4) is 0 Å². The molecule has 36 heavy (non-hydrogen) atoms. The van der Waals surface area contributed by atoms with Gasteiger partial charge in [0.25, 0.3) is 6.43 Å². The van der Waals surface area contributed by atoms with Gasteiger partial charge in [0.1, 0.15) is 0 Å². The van der Waals surface area contributed by atoms with Crippen molar-refractivity contribution in [3.05, 3.63) is 23.4 Å². The van der Waals surface area contributed by atoms with E-state index < -0.39 is 40.7 Å². The van der Waals surface area contributed by atoms with Crippen LogP contribution in [0, 0.1) is 0 Å². The average Bonchev–Trinajstić information content (AvgIpc) is 3.17. The highest BCUT2D eigenvalue weighted by atomic mass is 32.2. The largest absolute Gasteiger partial charge is 0.478 e. The van der Waals surface area contributed by atoms with Crippen LogP contribution >= 0.6 is 0 Å². The lowest BCUT2D eigenvalue weighted by Gasteiger charge is -2.33. The maximum Gasteiger partial charge on any atom is 0.410 e. The van der Waals surface area contributed by atoms with E-state index in [1.807, 2.05) is 0 Å². The molecular weight excluding hydrogens is 500 g/mol. The highest BCUT2D eigenvalue weighted by Gasteiger charge is 2.46. The third-order valence-corrected chi connectivity index (χ3v) is 7.71. The Balaban J connectivity index is 1.56. The van der Waals surface area contributed by atoms with E-state index in [-0.39, 0.29) is 62.7 Å². The van der Waals surface area contributed by atoms with Gasteiger partial charge in [0, 0.05) is 35.7 Å². The van der Waals surface area contributed by atoms with Crippen LogP contribution in [0.5, 0.6) is 5.88 Å². The molecule has 4 bridgehead atoms. The average molecular weight is 534 g/mol. The van der Waals surface area contributed by atoms with Gasteiger partial charge in [-0.05, 0) is 38.2 Å². The van der Waals surface area contributed by atoms with Gasteiger partial charge < -0.3 is 19.3 Å². The highest BCUT2D eigenvalue weighted by molar-refractivity contribution is 7.88. The van der Waals surface area contributed by atoms with Crippen molar-refractivity contribution in [2.75, 3.05) is 32.7 Å². The molecular formula is C23H33F2N3O7S. The summed E-state index contributed by atoms with van der Waals surface area (Å²) in [5.74, 6) is 0.111. The Hall–Kier alpha value is -2.09. The number of hydrogen-bond acceptors (Lipinski definition) is 8. The van der Waals surface area contributed by atoms with Crippen molar-refractivity contribution in [1.82, 2.24) is 14.6 Å². The van der Waals surface area contributed by atoms with Crippen LogP contribution in [0.25, 0.3) is 0 Å². The number of aliphatic hydroxyl groups excluding tert-OH is 1. The molecule has 1 aromatic heterocycles. The number of nitrogens with zero attached hydrogens (tertiary/aromatic N) is 2. The van der Waals surface area contributed by atoms with E-state index in [2.05, 4.69) is 9.71 Å². The monoisotopic (exact) mass is 533 g/mol. The number of halogens is 2. The lowest BCUT2D eigenvalue weighted by Crippen LogP contribution is -2.51. The van der Waals surface area contributed by atoms with Crippen LogP contribution in [0.4, 0.5) is 13.6 Å². The van der Waals surface area contributed by atoms with Gasteiger partial charge in [-0.2, -0.15) is 0 Å². The van der Waals surface area contributed by atoms with Gasteiger partial charge in [0.05, 0.1) is 50.9 Å². The standard InChI is InChI=1S/C23H33F2N3O7S/c1-36(31,32)27-19-11-16(12-29)28-20(19)13-35-17-5-3-14(4-6-17)18-9-15(22(24)25)10-21(26-18)33-7-2-8-34-23(28)30/h9-10,14,16-17,19-20,22,27,29H,2-8,11-13H2,1H3. The summed E-state index contributed by atoms with van der Waals surface area (Å²) in [4.78, 5) is 18.8. The number of nitrogens with one attached hydrogen (secondary N) is 1. The zero-order valence-electron chi connectivity index (χ0n) is 20.1. The van der Waals surface area contributed by atoms with Crippen LogP contribution in [0.2, 0.25) is 0 Å². The Morgan fingerprint density at radius 3 is 2.58 bits per heavy atom. The molecule has 2 fully saturated rings. The van der Waals surface area contributed by atoms with Crippen molar-refractivity contribution >= 4 is 16.1 Å². The Morgan fingerprint density at radius 2 is 1.92 bits per heavy atom. The Kier molecular flexibility index (Phi) is 8.63. The lowest BCUT2D eigenvalue weighted by atomic mass is 9.84. The van der Waals surface area contributed by atoms with Crippen molar-refractivity contribution in [3.8, 4) is 5.88 Å². The van der Waals surface area contributed by atoms with Gasteiger partial charge in [-0.3, -0.25) is 4.90 Å². The molecule has 2 N–H and O–H groups in total. The van der Waals surface area contributed by atoms with Gasteiger partial charge in [-0.1, -0.05) is 0 Å². The summed E-state index contributed by atoms with van der Waals surface area (Å²) in [6, 6.07) is 0.757. The number of rotatable bonds is 4. The number of amides is 1. The van der Waals surface area contributed by atoms with E-state index in [9.17, 15) is 27.1 Å². The zero-order valence-corrected chi connectivity index (χ0v) is 21.0. The van der Waals surface area contributed by atoms with Crippen molar-refractivity contribution in [1.29, 1.82) is 0 Å². The van der Waals surface area contributed by atoms with E-state index in [1.165, 1.54) is 17.0 Å². The van der Waals surface area contributed by atoms with E-state index in [0.717, 1.165) is 6.26 Å². The van der Waals surface area contributed by atoms with E-state index >= 15 is 0 Å². The van der Waals surface area contributed by atoms with Crippen LogP contribution in [0.1, 0.15) is 62.1 Å². The normalized spacial score (nSPS) is 30.0. The number of hydrogen-bond donors (Lipinski definition) is 2. The minimum Gasteiger partial charge on any atom is -0.478 e. The van der Waals surface area contributed by atoms with Gasteiger partial charge in [0.15, 0.2) is 0 Å². The predicted octanol–water partition coefficient (Wildman–Crippen LogP) is 2.33. The Labute approximate surface area is 209 Å². The molecule has 4 aliphatic rings. The predicted molar refractivity (Wildman–Crippen MR) is 124 cm³/mol. The number of fused-ring (bicyclic) bond motifs is 8. The maximum atomic E-state index is 13.5. The Bertz CT molecular complexity index is 1020. The summed E-state index contributed by atoms with van der Waals surface area (Å²) in [6.07, 6.45) is 0.778. The van der Waals surface area contributed by atoms with Crippen molar-refractivity contribution in [2.24, 2.45) is 0 Å². The third kappa shape index (κ3) is 6.61. The van der Waals surface area contributed by atoms with Gasteiger partial charge in [-0.25, -0.2) is 31.7 Å². The van der Waals surface area contributed by atoms with Crippen LogP contribution in [-0.4, -0.2) is 86.4 Å². The number of carbonyl (C=O) groups excluding carboxylic acids is 1. The first kappa shape index (κ1) is 27.0. The second kappa shape index (κ2) is 11.5. The first-order valence-electron chi connectivity index (χ1n) is 12.2. The lowest BCUT2D eigenvalue weighted by molar-refractivity contribution is -0.0142. The summed E-state index contributed by atoms with van der Waals surface area (Å²) in [5.41, 5.74) is 0.431.